The summed E-state index contributed by atoms with van der Waals surface area (Å²) in [6.07, 6.45) is 0. The molecule has 0 spiro atoms. The van der Waals surface area contributed by atoms with Gasteiger partial charge in [0.05, 0.1) is 25.9 Å². The molecule has 0 aliphatic heterocycles. The fourth-order valence-electron chi connectivity index (χ4n) is 2.18. The van der Waals surface area contributed by atoms with Crippen LogP contribution in [0.4, 0.5) is 0 Å². The van der Waals surface area contributed by atoms with Gasteiger partial charge in [-0.2, -0.15) is 0 Å². The molecule has 26 heavy (non-hydrogen) atoms. The maximum atomic E-state index is 5.26. The quantitative estimate of drug-likeness (QED) is 0.361. The number of nitrogens with one attached hydrogen (secondary N) is 2. The van der Waals surface area contributed by atoms with Crippen molar-refractivity contribution in [1.82, 2.24) is 15.6 Å². The lowest BCUT2D eigenvalue weighted by molar-refractivity contribution is 0.414. The fraction of sp³-hybridized carbons (Fsp3) is 0.474. The van der Waals surface area contributed by atoms with Gasteiger partial charge in [0.2, 0.25) is 0 Å². The van der Waals surface area contributed by atoms with E-state index in [-0.39, 0.29) is 29.4 Å². The lowest BCUT2D eigenvalue weighted by Gasteiger charge is -2.14. The summed E-state index contributed by atoms with van der Waals surface area (Å²) in [5, 5.41) is 9.83. The average molecular weight is 488 g/mol. The molecular weight excluding hydrogens is 459 g/mol. The molecule has 1 aromatic carbocycles. The van der Waals surface area contributed by atoms with Crippen molar-refractivity contribution in [2.24, 2.45) is 4.99 Å². The largest absolute Gasteiger partial charge is 0.497 e. The second-order valence-corrected chi connectivity index (χ2v) is 7.72. The van der Waals surface area contributed by atoms with Crippen molar-refractivity contribution in [3.63, 3.8) is 0 Å². The monoisotopic (exact) mass is 488 g/mol. The Kier molecular flexibility index (Phi) is 9.35. The van der Waals surface area contributed by atoms with Crippen LogP contribution in [-0.2, 0) is 18.5 Å². The molecule has 2 N–H and O–H groups in total. The number of halogens is 1. The molecule has 0 unspecified atom stereocenters. The summed E-state index contributed by atoms with van der Waals surface area (Å²) in [4.78, 5) is 9.36. The highest BCUT2D eigenvalue weighted by Gasteiger charge is 2.17. The molecule has 0 amide bonds. The minimum atomic E-state index is 0. The standard InChI is InChI=1S/C19H28N4OS.HI/c1-6-20-18(21-11-14-8-7-9-15(10-14)24-5)22-12-17-23-16(13-25-17)19(2,3)4;/h7-10,13H,6,11-12H2,1-5H3,(H2,20,21,22);1H. The molecule has 2 aromatic rings. The summed E-state index contributed by atoms with van der Waals surface area (Å²) in [5.41, 5.74) is 2.33. The topological polar surface area (TPSA) is 58.5 Å². The molecule has 144 valence electrons. The van der Waals surface area contributed by atoms with Crippen LogP contribution in [0, 0.1) is 0 Å². The van der Waals surface area contributed by atoms with Crippen molar-refractivity contribution < 1.29 is 4.74 Å². The highest BCUT2D eigenvalue weighted by atomic mass is 127. The van der Waals surface area contributed by atoms with E-state index in [0.29, 0.717) is 13.1 Å². The van der Waals surface area contributed by atoms with Crippen LogP contribution < -0.4 is 15.4 Å². The first-order chi connectivity index (χ1) is 11.9. The van der Waals surface area contributed by atoms with Crippen molar-refractivity contribution in [3.05, 3.63) is 45.9 Å². The second-order valence-electron chi connectivity index (χ2n) is 6.78. The molecular formula is C19H29IN4OS. The number of benzene rings is 1. The summed E-state index contributed by atoms with van der Waals surface area (Å²) >= 11 is 1.68. The third-order valence-corrected chi connectivity index (χ3v) is 4.47. The van der Waals surface area contributed by atoms with Crippen molar-refractivity contribution >= 4 is 41.3 Å². The highest BCUT2D eigenvalue weighted by Crippen LogP contribution is 2.23. The van der Waals surface area contributed by atoms with Crippen LogP contribution in [0.25, 0.3) is 0 Å². The van der Waals surface area contributed by atoms with Gasteiger partial charge < -0.3 is 15.4 Å². The first-order valence-corrected chi connectivity index (χ1v) is 9.40. The van der Waals surface area contributed by atoms with E-state index >= 15 is 0 Å². The third-order valence-electron chi connectivity index (χ3n) is 3.63. The molecule has 0 atom stereocenters. The zero-order valence-corrected chi connectivity index (χ0v) is 19.3. The van der Waals surface area contributed by atoms with Crippen molar-refractivity contribution in [2.75, 3.05) is 13.7 Å². The first-order valence-electron chi connectivity index (χ1n) is 8.52. The van der Waals surface area contributed by atoms with E-state index in [1.165, 1.54) is 0 Å². The predicted octanol–water partition coefficient (Wildman–Crippen LogP) is 4.32. The maximum absolute atomic E-state index is 5.26. The molecule has 1 aromatic heterocycles. The summed E-state index contributed by atoms with van der Waals surface area (Å²) in [6, 6.07) is 7.97. The number of thiazole rings is 1. The zero-order valence-electron chi connectivity index (χ0n) is 16.1. The lowest BCUT2D eigenvalue weighted by Crippen LogP contribution is -2.36. The van der Waals surface area contributed by atoms with Crippen LogP contribution >= 0.6 is 35.3 Å². The van der Waals surface area contributed by atoms with Gasteiger partial charge in [0.1, 0.15) is 10.8 Å². The average Bonchev–Trinajstić information content (AvgIpc) is 3.07. The minimum absolute atomic E-state index is 0. The Balaban J connectivity index is 0.00000338. The Morgan fingerprint density at radius 3 is 2.65 bits per heavy atom. The summed E-state index contributed by atoms with van der Waals surface area (Å²) in [5.74, 6) is 1.64. The third kappa shape index (κ3) is 7.11. The van der Waals surface area contributed by atoms with E-state index in [4.69, 9.17) is 9.72 Å². The first kappa shape index (κ1) is 22.7. The zero-order chi connectivity index (χ0) is 18.3. The summed E-state index contributed by atoms with van der Waals surface area (Å²) in [6.45, 7) is 10.7. The van der Waals surface area contributed by atoms with Crippen molar-refractivity contribution in [1.29, 1.82) is 0 Å². The van der Waals surface area contributed by atoms with Gasteiger partial charge in [-0.25, -0.2) is 9.98 Å². The van der Waals surface area contributed by atoms with Gasteiger partial charge in [-0.05, 0) is 24.6 Å². The molecule has 0 saturated heterocycles. The normalized spacial score (nSPS) is 11.7. The summed E-state index contributed by atoms with van der Waals surface area (Å²) in [7, 11) is 1.67. The van der Waals surface area contributed by atoms with Crippen LogP contribution in [0.3, 0.4) is 0 Å². The Morgan fingerprint density at radius 2 is 2.04 bits per heavy atom. The SMILES string of the molecule is CCNC(=NCc1cccc(OC)c1)NCc1nc(C(C)(C)C)cs1.I. The van der Waals surface area contributed by atoms with Gasteiger partial charge in [0.15, 0.2) is 5.96 Å². The Labute approximate surface area is 177 Å². The van der Waals surface area contributed by atoms with Gasteiger partial charge >= 0.3 is 0 Å². The van der Waals surface area contributed by atoms with Crippen LogP contribution in [0.15, 0.2) is 34.6 Å². The Hall–Kier alpha value is -1.35. The smallest absolute Gasteiger partial charge is 0.191 e. The van der Waals surface area contributed by atoms with Crippen LogP contribution in [0.1, 0.15) is 44.0 Å². The number of aromatic nitrogens is 1. The number of ether oxygens (including phenoxy) is 1. The van der Waals surface area contributed by atoms with E-state index in [0.717, 1.165) is 34.5 Å². The van der Waals surface area contributed by atoms with Crippen LogP contribution in [0.2, 0.25) is 0 Å². The molecule has 0 aliphatic carbocycles. The Morgan fingerprint density at radius 1 is 1.27 bits per heavy atom. The lowest BCUT2D eigenvalue weighted by atomic mass is 9.93. The number of methoxy groups -OCH3 is 1. The van der Waals surface area contributed by atoms with E-state index in [2.05, 4.69) is 48.7 Å². The molecule has 7 heteroatoms. The fourth-order valence-corrected chi connectivity index (χ4v) is 3.14. The van der Waals surface area contributed by atoms with Gasteiger partial charge in [0.25, 0.3) is 0 Å². The van der Waals surface area contributed by atoms with Crippen molar-refractivity contribution in [2.45, 2.75) is 46.2 Å². The number of hydrogen-bond acceptors (Lipinski definition) is 4. The van der Waals surface area contributed by atoms with E-state index < -0.39 is 0 Å². The summed E-state index contributed by atoms with van der Waals surface area (Å²) < 4.78 is 5.26. The number of hydrogen-bond donors (Lipinski definition) is 2. The Bertz CT molecular complexity index is 710. The minimum Gasteiger partial charge on any atom is -0.497 e. The van der Waals surface area contributed by atoms with E-state index in [1.807, 2.05) is 24.3 Å². The van der Waals surface area contributed by atoms with Crippen LogP contribution in [-0.4, -0.2) is 24.6 Å². The molecule has 0 aliphatic rings. The second kappa shape index (κ2) is 10.7. The predicted molar refractivity (Wildman–Crippen MR) is 121 cm³/mol. The van der Waals surface area contributed by atoms with Gasteiger partial charge in [-0.3, -0.25) is 0 Å². The molecule has 2 rings (SSSR count). The van der Waals surface area contributed by atoms with Gasteiger partial charge in [-0.15, -0.1) is 35.3 Å². The molecule has 0 fully saturated rings. The van der Waals surface area contributed by atoms with E-state index in [1.54, 1.807) is 18.4 Å². The molecule has 0 bridgehead atoms. The number of nitrogens with zero attached hydrogens (tertiary/aromatic N) is 2. The van der Waals surface area contributed by atoms with Crippen LogP contribution in [0.5, 0.6) is 5.75 Å². The number of aliphatic imine (C=N–C) groups is 1. The molecule has 0 radical (unpaired) electrons. The molecule has 1 heterocycles. The van der Waals surface area contributed by atoms with Gasteiger partial charge in [-0.1, -0.05) is 32.9 Å². The van der Waals surface area contributed by atoms with Gasteiger partial charge in [0, 0.05) is 17.3 Å². The maximum Gasteiger partial charge on any atom is 0.191 e. The molecule has 5 nitrogen and oxygen atoms in total. The van der Waals surface area contributed by atoms with Crippen molar-refractivity contribution in [3.8, 4) is 5.75 Å². The number of rotatable bonds is 6. The highest BCUT2D eigenvalue weighted by molar-refractivity contribution is 14.0. The number of guanidine groups is 1. The molecule has 0 saturated carbocycles. The van der Waals surface area contributed by atoms with E-state index in [9.17, 15) is 0 Å².